The zero-order chi connectivity index (χ0) is 14.9. The fourth-order valence-electron chi connectivity index (χ4n) is 3.05. The van der Waals surface area contributed by atoms with Gasteiger partial charge in [0.2, 0.25) is 0 Å². The molecular formula is C17H25NOS. The van der Waals surface area contributed by atoms with Crippen molar-refractivity contribution in [3.63, 3.8) is 0 Å². The van der Waals surface area contributed by atoms with Crippen LogP contribution in [0, 0.1) is 25.7 Å². The first-order chi connectivity index (χ1) is 9.38. The maximum atomic E-state index is 6.29. The molecule has 3 unspecified atom stereocenters. The van der Waals surface area contributed by atoms with Crippen molar-refractivity contribution in [2.75, 3.05) is 0 Å². The number of ether oxygens (including phenoxy) is 1. The second-order valence-corrected chi connectivity index (χ2v) is 6.75. The van der Waals surface area contributed by atoms with E-state index in [0.717, 1.165) is 47.1 Å². The van der Waals surface area contributed by atoms with Crippen LogP contribution in [-0.4, -0.2) is 11.1 Å². The summed E-state index contributed by atoms with van der Waals surface area (Å²) in [6, 6.07) is 4.05. The Morgan fingerprint density at radius 2 is 1.75 bits per heavy atom. The lowest BCUT2D eigenvalue weighted by Gasteiger charge is -2.33. The van der Waals surface area contributed by atoms with Crippen LogP contribution in [0.4, 0.5) is 0 Å². The van der Waals surface area contributed by atoms with Gasteiger partial charge in [0, 0.05) is 5.56 Å². The summed E-state index contributed by atoms with van der Waals surface area (Å²) in [5.74, 6) is 2.57. The Morgan fingerprint density at radius 1 is 1.15 bits per heavy atom. The zero-order valence-corrected chi connectivity index (χ0v) is 13.7. The Kier molecular flexibility index (Phi) is 4.69. The predicted molar refractivity (Wildman–Crippen MR) is 88.4 cm³/mol. The number of thiocarbonyl (C=S) groups is 1. The van der Waals surface area contributed by atoms with Crippen LogP contribution in [0.15, 0.2) is 12.1 Å². The molecule has 2 rings (SSSR count). The first kappa shape index (κ1) is 15.3. The highest BCUT2D eigenvalue weighted by atomic mass is 32.1. The molecule has 0 heterocycles. The van der Waals surface area contributed by atoms with Gasteiger partial charge in [-0.3, -0.25) is 0 Å². The van der Waals surface area contributed by atoms with Gasteiger partial charge >= 0.3 is 0 Å². The molecule has 1 aliphatic rings. The molecule has 3 heteroatoms. The van der Waals surface area contributed by atoms with E-state index in [4.69, 9.17) is 22.7 Å². The molecule has 0 radical (unpaired) electrons. The summed E-state index contributed by atoms with van der Waals surface area (Å²) in [7, 11) is 0. The molecule has 1 aromatic carbocycles. The molecule has 1 aromatic rings. The van der Waals surface area contributed by atoms with Gasteiger partial charge in [-0.25, -0.2) is 0 Å². The van der Waals surface area contributed by atoms with Gasteiger partial charge in [0.25, 0.3) is 0 Å². The summed E-state index contributed by atoms with van der Waals surface area (Å²) < 4.78 is 6.29. The SMILES string of the molecule is Cc1cc(C(N)=S)cc(C)c1OC1CCC(C)C(C)C1. The lowest BCUT2D eigenvalue weighted by Crippen LogP contribution is -2.29. The third kappa shape index (κ3) is 3.32. The fraction of sp³-hybridized carbons (Fsp3) is 0.588. The van der Waals surface area contributed by atoms with Crippen LogP contribution < -0.4 is 10.5 Å². The Labute approximate surface area is 127 Å². The Morgan fingerprint density at radius 3 is 2.25 bits per heavy atom. The molecule has 1 saturated carbocycles. The van der Waals surface area contributed by atoms with Crippen LogP contribution in [0.1, 0.15) is 49.8 Å². The van der Waals surface area contributed by atoms with Crippen molar-refractivity contribution >= 4 is 17.2 Å². The normalized spacial score (nSPS) is 26.3. The van der Waals surface area contributed by atoms with Crippen LogP contribution in [-0.2, 0) is 0 Å². The van der Waals surface area contributed by atoms with Crippen molar-refractivity contribution in [3.05, 3.63) is 28.8 Å². The van der Waals surface area contributed by atoms with Gasteiger partial charge in [0.05, 0.1) is 6.10 Å². The maximum Gasteiger partial charge on any atom is 0.125 e. The van der Waals surface area contributed by atoms with Crippen LogP contribution in [0.3, 0.4) is 0 Å². The summed E-state index contributed by atoms with van der Waals surface area (Å²) in [4.78, 5) is 0.447. The quantitative estimate of drug-likeness (QED) is 0.850. The molecule has 2 N–H and O–H groups in total. The second-order valence-electron chi connectivity index (χ2n) is 6.31. The van der Waals surface area contributed by atoms with Crippen molar-refractivity contribution in [2.45, 2.75) is 53.1 Å². The Hall–Kier alpha value is -1.09. The van der Waals surface area contributed by atoms with E-state index in [1.807, 2.05) is 12.1 Å². The number of aryl methyl sites for hydroxylation is 2. The molecule has 0 amide bonds. The summed E-state index contributed by atoms with van der Waals surface area (Å²) in [6.07, 6.45) is 3.90. The minimum absolute atomic E-state index is 0.342. The highest BCUT2D eigenvalue weighted by molar-refractivity contribution is 7.80. The zero-order valence-electron chi connectivity index (χ0n) is 12.9. The molecule has 20 heavy (non-hydrogen) atoms. The first-order valence-corrected chi connectivity index (χ1v) is 7.87. The first-order valence-electron chi connectivity index (χ1n) is 7.46. The molecule has 3 atom stereocenters. The van der Waals surface area contributed by atoms with E-state index in [0.29, 0.717) is 11.1 Å². The molecule has 0 aromatic heterocycles. The largest absolute Gasteiger partial charge is 0.490 e. The number of hydrogen-bond donors (Lipinski definition) is 1. The monoisotopic (exact) mass is 291 g/mol. The number of nitrogens with two attached hydrogens (primary N) is 1. The molecule has 2 nitrogen and oxygen atoms in total. The third-order valence-corrected chi connectivity index (χ3v) is 4.82. The van der Waals surface area contributed by atoms with E-state index in [1.54, 1.807) is 0 Å². The van der Waals surface area contributed by atoms with Crippen LogP contribution >= 0.6 is 12.2 Å². The Bertz CT molecular complexity index is 489. The lowest BCUT2D eigenvalue weighted by molar-refractivity contribution is 0.0993. The van der Waals surface area contributed by atoms with Crippen molar-refractivity contribution in [2.24, 2.45) is 17.6 Å². The van der Waals surface area contributed by atoms with E-state index >= 15 is 0 Å². The van der Waals surface area contributed by atoms with Gasteiger partial charge in [-0.05, 0) is 68.2 Å². The van der Waals surface area contributed by atoms with Gasteiger partial charge in [-0.1, -0.05) is 26.1 Å². The number of rotatable bonds is 3. The highest BCUT2D eigenvalue weighted by Crippen LogP contribution is 2.34. The molecule has 0 bridgehead atoms. The smallest absolute Gasteiger partial charge is 0.125 e. The van der Waals surface area contributed by atoms with Gasteiger partial charge < -0.3 is 10.5 Å². The number of hydrogen-bond acceptors (Lipinski definition) is 2. The van der Waals surface area contributed by atoms with Gasteiger partial charge in [-0.2, -0.15) is 0 Å². The molecule has 0 spiro atoms. The van der Waals surface area contributed by atoms with Crippen molar-refractivity contribution in [1.29, 1.82) is 0 Å². The summed E-state index contributed by atoms with van der Waals surface area (Å²) in [6.45, 7) is 8.81. The van der Waals surface area contributed by atoms with E-state index in [9.17, 15) is 0 Å². The summed E-state index contributed by atoms with van der Waals surface area (Å²) >= 11 is 5.05. The van der Waals surface area contributed by atoms with Gasteiger partial charge in [0.1, 0.15) is 10.7 Å². The van der Waals surface area contributed by atoms with Crippen LogP contribution in [0.5, 0.6) is 5.75 Å². The minimum Gasteiger partial charge on any atom is -0.490 e. The van der Waals surface area contributed by atoms with Crippen molar-refractivity contribution in [3.8, 4) is 5.75 Å². The van der Waals surface area contributed by atoms with Gasteiger partial charge in [-0.15, -0.1) is 0 Å². The van der Waals surface area contributed by atoms with E-state index in [-0.39, 0.29) is 0 Å². The average molecular weight is 291 g/mol. The minimum atomic E-state index is 0.342. The predicted octanol–water partition coefficient (Wildman–Crippen LogP) is 4.14. The molecule has 1 fully saturated rings. The van der Waals surface area contributed by atoms with Crippen molar-refractivity contribution < 1.29 is 4.74 Å². The highest BCUT2D eigenvalue weighted by Gasteiger charge is 2.26. The molecule has 1 aliphatic carbocycles. The molecular weight excluding hydrogens is 266 g/mol. The third-order valence-electron chi connectivity index (χ3n) is 4.58. The summed E-state index contributed by atoms with van der Waals surface area (Å²) in [5, 5.41) is 0. The average Bonchev–Trinajstić information content (AvgIpc) is 2.37. The molecule has 0 saturated heterocycles. The maximum absolute atomic E-state index is 6.29. The second kappa shape index (κ2) is 6.13. The van der Waals surface area contributed by atoms with E-state index < -0.39 is 0 Å². The molecule has 0 aliphatic heterocycles. The van der Waals surface area contributed by atoms with E-state index in [1.165, 1.54) is 6.42 Å². The van der Waals surface area contributed by atoms with E-state index in [2.05, 4.69) is 27.7 Å². The fourth-order valence-corrected chi connectivity index (χ4v) is 3.17. The molecule has 110 valence electrons. The van der Waals surface area contributed by atoms with Gasteiger partial charge in [0.15, 0.2) is 0 Å². The van der Waals surface area contributed by atoms with Crippen LogP contribution in [0.2, 0.25) is 0 Å². The topological polar surface area (TPSA) is 35.2 Å². The number of benzene rings is 1. The van der Waals surface area contributed by atoms with Crippen LogP contribution in [0.25, 0.3) is 0 Å². The summed E-state index contributed by atoms with van der Waals surface area (Å²) in [5.41, 5.74) is 8.88. The van der Waals surface area contributed by atoms with Crippen molar-refractivity contribution in [1.82, 2.24) is 0 Å². The standard InChI is InChI=1S/C17H25NOS/c1-10-5-6-15(9-11(10)2)19-16-12(3)7-14(17(18)20)8-13(16)4/h7-8,10-11,15H,5-6,9H2,1-4H3,(H2,18,20). The lowest BCUT2D eigenvalue weighted by atomic mass is 9.80. The Balaban J connectivity index is 2.16.